The van der Waals surface area contributed by atoms with Gasteiger partial charge in [-0.25, -0.2) is 13.4 Å². The molecular weight excluding hydrogens is 418 g/mol. The van der Waals surface area contributed by atoms with Gasteiger partial charge in [0.2, 0.25) is 5.91 Å². The van der Waals surface area contributed by atoms with Crippen LogP contribution in [0.4, 0.5) is 0 Å². The van der Waals surface area contributed by atoms with Gasteiger partial charge in [-0.1, -0.05) is 11.8 Å². The van der Waals surface area contributed by atoms with Crippen LogP contribution in [-0.4, -0.2) is 58.6 Å². The van der Waals surface area contributed by atoms with E-state index in [1.54, 1.807) is 9.47 Å². The number of fused-ring (bicyclic) bond motifs is 1. The minimum Gasteiger partial charge on any atom is -0.338 e. The van der Waals surface area contributed by atoms with E-state index in [1.165, 1.54) is 23.1 Å². The number of carbonyl (C=O) groups is 1. The molecule has 1 aliphatic rings. The van der Waals surface area contributed by atoms with Crippen LogP contribution in [0.2, 0.25) is 0 Å². The van der Waals surface area contributed by atoms with Crippen LogP contribution in [0.25, 0.3) is 10.2 Å². The summed E-state index contributed by atoms with van der Waals surface area (Å²) in [6.07, 6.45) is 0.490. The lowest BCUT2D eigenvalue weighted by atomic mass is 10.2. The molecule has 1 aliphatic heterocycles. The van der Waals surface area contributed by atoms with Crippen LogP contribution in [0, 0.1) is 13.8 Å². The average molecular weight is 444 g/mol. The third kappa shape index (κ3) is 3.99. The first-order valence-electron chi connectivity index (χ1n) is 9.31. The molecule has 0 spiro atoms. The zero-order valence-electron chi connectivity index (χ0n) is 16.5. The number of aryl methyl sites for hydroxylation is 2. The Morgan fingerprint density at radius 2 is 2.07 bits per heavy atom. The van der Waals surface area contributed by atoms with Gasteiger partial charge in [-0.15, -0.1) is 11.3 Å². The van der Waals surface area contributed by atoms with Crippen molar-refractivity contribution in [3.05, 3.63) is 20.8 Å². The minimum absolute atomic E-state index is 0.0366. The van der Waals surface area contributed by atoms with Crippen LogP contribution < -0.4 is 5.56 Å². The highest BCUT2D eigenvalue weighted by atomic mass is 32.2. The minimum atomic E-state index is -3.05. The molecule has 0 aromatic carbocycles. The van der Waals surface area contributed by atoms with Gasteiger partial charge in [0.15, 0.2) is 15.0 Å². The molecule has 0 aliphatic carbocycles. The maximum atomic E-state index is 12.9. The van der Waals surface area contributed by atoms with E-state index >= 15 is 0 Å². The molecule has 0 N–H and O–H groups in total. The predicted molar refractivity (Wildman–Crippen MR) is 114 cm³/mol. The van der Waals surface area contributed by atoms with Crippen LogP contribution in [0.1, 0.15) is 30.7 Å². The molecule has 154 valence electrons. The summed E-state index contributed by atoms with van der Waals surface area (Å²) in [4.78, 5) is 33.7. The fraction of sp³-hybridized carbons (Fsp3) is 0.611. The third-order valence-corrected chi connectivity index (χ3v) is 9.02. The average Bonchev–Trinajstić information content (AvgIpc) is 3.13. The number of amides is 1. The molecule has 2 aromatic rings. The van der Waals surface area contributed by atoms with Crippen molar-refractivity contribution in [2.24, 2.45) is 0 Å². The van der Waals surface area contributed by atoms with Crippen molar-refractivity contribution in [3.63, 3.8) is 0 Å². The highest BCUT2D eigenvalue weighted by Gasteiger charge is 2.33. The Morgan fingerprint density at radius 3 is 2.64 bits per heavy atom. The molecule has 1 fully saturated rings. The topological polar surface area (TPSA) is 89.3 Å². The Bertz CT molecular complexity index is 1070. The Labute approximate surface area is 173 Å². The number of sulfone groups is 1. The van der Waals surface area contributed by atoms with E-state index in [-0.39, 0.29) is 34.8 Å². The number of nitrogens with zero attached hydrogens (tertiary/aromatic N) is 3. The van der Waals surface area contributed by atoms with E-state index in [0.29, 0.717) is 34.9 Å². The third-order valence-electron chi connectivity index (χ3n) is 5.21. The van der Waals surface area contributed by atoms with Gasteiger partial charge in [-0.05, 0) is 39.7 Å². The Morgan fingerprint density at radius 1 is 1.36 bits per heavy atom. The van der Waals surface area contributed by atoms with E-state index in [2.05, 4.69) is 4.98 Å². The van der Waals surface area contributed by atoms with Gasteiger partial charge in [-0.2, -0.15) is 0 Å². The fourth-order valence-corrected chi connectivity index (χ4v) is 7.32. The van der Waals surface area contributed by atoms with Gasteiger partial charge in [0, 0.05) is 24.0 Å². The molecule has 2 aromatic heterocycles. The van der Waals surface area contributed by atoms with Crippen LogP contribution in [0.3, 0.4) is 0 Å². The lowest BCUT2D eigenvalue weighted by Crippen LogP contribution is -2.42. The molecule has 10 heteroatoms. The molecule has 0 radical (unpaired) electrons. The standard InChI is InChI=1S/C18H25N3O4S3/c1-5-20(13-7-8-28(24,25)10-13)14(22)9-26-18-19-16-15(11(3)12(4)27-16)17(23)21(18)6-2/h13H,5-10H2,1-4H3/t13-/m0/s1. The zero-order valence-corrected chi connectivity index (χ0v) is 19.0. The van der Waals surface area contributed by atoms with E-state index in [0.717, 1.165) is 10.4 Å². The largest absolute Gasteiger partial charge is 0.338 e. The normalized spacial score (nSPS) is 18.6. The van der Waals surface area contributed by atoms with Gasteiger partial charge >= 0.3 is 0 Å². The second-order valence-electron chi connectivity index (χ2n) is 6.93. The number of hydrogen-bond donors (Lipinski definition) is 0. The molecule has 0 unspecified atom stereocenters. The van der Waals surface area contributed by atoms with Crippen molar-refractivity contribution in [3.8, 4) is 0 Å². The van der Waals surface area contributed by atoms with Gasteiger partial charge in [0.25, 0.3) is 5.56 Å². The lowest BCUT2D eigenvalue weighted by Gasteiger charge is -2.26. The molecule has 0 saturated carbocycles. The molecule has 28 heavy (non-hydrogen) atoms. The SMILES string of the molecule is CCN(C(=O)CSc1nc2sc(C)c(C)c2c(=O)n1CC)[C@H]1CCS(=O)(=O)C1. The van der Waals surface area contributed by atoms with Crippen molar-refractivity contribution >= 4 is 49.1 Å². The van der Waals surface area contributed by atoms with Crippen LogP contribution in [0.5, 0.6) is 0 Å². The van der Waals surface area contributed by atoms with Crippen LogP contribution in [-0.2, 0) is 21.2 Å². The van der Waals surface area contributed by atoms with Crippen LogP contribution >= 0.6 is 23.1 Å². The summed E-state index contributed by atoms with van der Waals surface area (Å²) in [5.41, 5.74) is 0.894. The molecule has 1 amide bonds. The maximum absolute atomic E-state index is 12.9. The van der Waals surface area contributed by atoms with Crippen molar-refractivity contribution in [2.75, 3.05) is 23.8 Å². The first-order chi connectivity index (χ1) is 13.2. The summed E-state index contributed by atoms with van der Waals surface area (Å²) in [5.74, 6) is 0.185. The Hall–Kier alpha value is -1.39. The van der Waals surface area contributed by atoms with E-state index in [1.807, 2.05) is 27.7 Å². The summed E-state index contributed by atoms with van der Waals surface area (Å²) in [5, 5.41) is 1.19. The van der Waals surface area contributed by atoms with Crippen molar-refractivity contribution in [1.29, 1.82) is 0 Å². The summed E-state index contributed by atoms with van der Waals surface area (Å²) >= 11 is 2.74. The number of hydrogen-bond acceptors (Lipinski definition) is 7. The molecule has 3 rings (SSSR count). The molecule has 0 bridgehead atoms. The molecule has 7 nitrogen and oxygen atoms in total. The van der Waals surface area contributed by atoms with Gasteiger partial charge in [0.1, 0.15) is 4.83 Å². The molecule has 3 heterocycles. The lowest BCUT2D eigenvalue weighted by molar-refractivity contribution is -0.129. The number of rotatable bonds is 6. The second kappa shape index (κ2) is 8.16. The molecular formula is C18H25N3O4S3. The van der Waals surface area contributed by atoms with E-state index < -0.39 is 9.84 Å². The van der Waals surface area contributed by atoms with Gasteiger partial charge in [0.05, 0.1) is 22.6 Å². The summed E-state index contributed by atoms with van der Waals surface area (Å²) in [7, 11) is -3.05. The van der Waals surface area contributed by atoms with Crippen molar-refractivity contribution in [1.82, 2.24) is 14.5 Å². The second-order valence-corrected chi connectivity index (χ2v) is 11.3. The molecule has 1 saturated heterocycles. The predicted octanol–water partition coefficient (Wildman–Crippen LogP) is 2.22. The monoisotopic (exact) mass is 443 g/mol. The van der Waals surface area contributed by atoms with Crippen molar-refractivity contribution in [2.45, 2.75) is 51.9 Å². The van der Waals surface area contributed by atoms with Gasteiger partial charge in [-0.3, -0.25) is 14.2 Å². The summed E-state index contributed by atoms with van der Waals surface area (Å²) < 4.78 is 25.1. The summed E-state index contributed by atoms with van der Waals surface area (Å²) in [6, 6.07) is -0.255. The smallest absolute Gasteiger partial charge is 0.263 e. The van der Waals surface area contributed by atoms with Crippen LogP contribution in [0.15, 0.2) is 9.95 Å². The van der Waals surface area contributed by atoms with E-state index in [9.17, 15) is 18.0 Å². The van der Waals surface area contributed by atoms with Crippen molar-refractivity contribution < 1.29 is 13.2 Å². The zero-order chi connectivity index (χ0) is 20.6. The summed E-state index contributed by atoms with van der Waals surface area (Å²) in [6.45, 7) is 8.60. The molecule has 1 atom stereocenters. The highest BCUT2D eigenvalue weighted by Crippen LogP contribution is 2.28. The Balaban J connectivity index is 1.82. The number of thiophene rings is 1. The number of carbonyl (C=O) groups excluding carboxylic acids is 1. The van der Waals surface area contributed by atoms with E-state index in [4.69, 9.17) is 0 Å². The van der Waals surface area contributed by atoms with Gasteiger partial charge < -0.3 is 4.90 Å². The quantitative estimate of drug-likeness (QED) is 0.502. The fourth-order valence-electron chi connectivity index (χ4n) is 3.57. The Kier molecular flexibility index (Phi) is 6.21. The first-order valence-corrected chi connectivity index (χ1v) is 12.9. The first kappa shape index (κ1) is 21.3. The number of aromatic nitrogens is 2. The maximum Gasteiger partial charge on any atom is 0.263 e. The number of thioether (sulfide) groups is 1. The highest BCUT2D eigenvalue weighted by molar-refractivity contribution is 7.99.